The summed E-state index contributed by atoms with van der Waals surface area (Å²) >= 11 is 0. The molecule has 0 N–H and O–H groups in total. The Morgan fingerprint density at radius 3 is 2.56 bits per heavy atom. The van der Waals surface area contributed by atoms with Crippen LogP contribution in [-0.4, -0.2) is 0 Å². The van der Waals surface area contributed by atoms with E-state index < -0.39 is 0 Å². The van der Waals surface area contributed by atoms with Crippen molar-refractivity contribution in [1.82, 2.24) is 0 Å². The SMILES string of the molecule is CCCCC1(C2CC=CCC2)CCCCC1. The molecule has 0 radical (unpaired) electrons. The first-order valence-corrected chi connectivity index (χ1v) is 7.52. The zero-order valence-corrected chi connectivity index (χ0v) is 11.0. The molecule has 1 unspecified atom stereocenters. The van der Waals surface area contributed by atoms with Gasteiger partial charge in [0.25, 0.3) is 0 Å². The van der Waals surface area contributed by atoms with Gasteiger partial charge in [-0.15, -0.1) is 0 Å². The van der Waals surface area contributed by atoms with Crippen molar-refractivity contribution in [3.63, 3.8) is 0 Å². The summed E-state index contributed by atoms with van der Waals surface area (Å²) in [5.74, 6) is 1.02. The number of unbranched alkanes of at least 4 members (excludes halogenated alkanes) is 1. The Morgan fingerprint density at radius 1 is 1.12 bits per heavy atom. The van der Waals surface area contributed by atoms with E-state index in [4.69, 9.17) is 0 Å². The molecule has 1 fully saturated rings. The lowest BCUT2D eigenvalue weighted by Crippen LogP contribution is -2.33. The van der Waals surface area contributed by atoms with Crippen molar-refractivity contribution in [3.05, 3.63) is 12.2 Å². The first-order valence-electron chi connectivity index (χ1n) is 7.52. The second-order valence-corrected chi connectivity index (χ2v) is 6.01. The van der Waals surface area contributed by atoms with Crippen LogP contribution in [0.5, 0.6) is 0 Å². The monoisotopic (exact) mass is 220 g/mol. The summed E-state index contributed by atoms with van der Waals surface area (Å²) in [7, 11) is 0. The second-order valence-electron chi connectivity index (χ2n) is 6.01. The maximum Gasteiger partial charge on any atom is -0.0266 e. The van der Waals surface area contributed by atoms with Crippen LogP contribution in [0.15, 0.2) is 12.2 Å². The minimum Gasteiger partial charge on any atom is -0.0885 e. The van der Waals surface area contributed by atoms with Gasteiger partial charge in [0, 0.05) is 0 Å². The van der Waals surface area contributed by atoms with Crippen LogP contribution < -0.4 is 0 Å². The van der Waals surface area contributed by atoms with Gasteiger partial charge in [0.1, 0.15) is 0 Å². The maximum absolute atomic E-state index is 2.45. The fraction of sp³-hybridized carbons (Fsp3) is 0.875. The Labute approximate surface area is 102 Å². The van der Waals surface area contributed by atoms with Crippen molar-refractivity contribution >= 4 is 0 Å². The number of allylic oxidation sites excluding steroid dienone is 2. The van der Waals surface area contributed by atoms with Crippen LogP contribution >= 0.6 is 0 Å². The van der Waals surface area contributed by atoms with Gasteiger partial charge in [-0.1, -0.05) is 51.2 Å². The number of hydrogen-bond donors (Lipinski definition) is 0. The summed E-state index contributed by atoms with van der Waals surface area (Å²) < 4.78 is 0. The van der Waals surface area contributed by atoms with Crippen molar-refractivity contribution in [1.29, 1.82) is 0 Å². The Hall–Kier alpha value is -0.260. The molecule has 16 heavy (non-hydrogen) atoms. The van der Waals surface area contributed by atoms with Crippen molar-refractivity contribution in [3.8, 4) is 0 Å². The average molecular weight is 220 g/mol. The van der Waals surface area contributed by atoms with Gasteiger partial charge in [-0.25, -0.2) is 0 Å². The van der Waals surface area contributed by atoms with Crippen molar-refractivity contribution in [2.45, 2.75) is 77.6 Å². The van der Waals surface area contributed by atoms with E-state index in [0.717, 1.165) is 11.3 Å². The third-order valence-corrected chi connectivity index (χ3v) is 5.01. The molecule has 0 amide bonds. The zero-order valence-electron chi connectivity index (χ0n) is 11.0. The molecule has 2 aliphatic carbocycles. The standard InChI is InChI=1S/C16H28/c1-2-3-12-16(13-8-5-9-14-16)15-10-6-4-7-11-15/h4,6,15H,2-3,5,7-14H2,1H3. The normalized spacial score (nSPS) is 29.2. The minimum atomic E-state index is 0.749. The highest BCUT2D eigenvalue weighted by atomic mass is 14.4. The molecule has 0 aromatic rings. The quantitative estimate of drug-likeness (QED) is 0.550. The average Bonchev–Trinajstić information content (AvgIpc) is 2.38. The summed E-state index contributed by atoms with van der Waals surface area (Å²) in [5, 5.41) is 0. The summed E-state index contributed by atoms with van der Waals surface area (Å²) in [6.07, 6.45) is 21.0. The summed E-state index contributed by atoms with van der Waals surface area (Å²) in [5.41, 5.74) is 0.749. The molecule has 92 valence electrons. The number of rotatable bonds is 4. The lowest BCUT2D eigenvalue weighted by molar-refractivity contribution is 0.0739. The van der Waals surface area contributed by atoms with Gasteiger partial charge in [-0.05, 0) is 49.9 Å². The van der Waals surface area contributed by atoms with Crippen molar-refractivity contribution < 1.29 is 0 Å². The van der Waals surface area contributed by atoms with Crippen LogP contribution in [0.1, 0.15) is 77.6 Å². The Morgan fingerprint density at radius 2 is 1.94 bits per heavy atom. The molecule has 0 heterocycles. The topological polar surface area (TPSA) is 0 Å². The van der Waals surface area contributed by atoms with E-state index in [0.29, 0.717) is 0 Å². The Balaban J connectivity index is 2.02. The van der Waals surface area contributed by atoms with Crippen molar-refractivity contribution in [2.24, 2.45) is 11.3 Å². The van der Waals surface area contributed by atoms with Gasteiger partial charge in [0.05, 0.1) is 0 Å². The third kappa shape index (κ3) is 2.70. The molecule has 0 bridgehead atoms. The lowest BCUT2D eigenvalue weighted by Gasteiger charge is -2.45. The second kappa shape index (κ2) is 5.89. The van der Waals surface area contributed by atoms with Crippen molar-refractivity contribution in [2.75, 3.05) is 0 Å². The zero-order chi connectivity index (χ0) is 11.3. The number of hydrogen-bond acceptors (Lipinski definition) is 0. The highest BCUT2D eigenvalue weighted by Crippen LogP contribution is 2.50. The summed E-state index contributed by atoms with van der Waals surface area (Å²) in [4.78, 5) is 0. The predicted octanol–water partition coefficient (Wildman–Crippen LogP) is 5.48. The predicted molar refractivity (Wildman–Crippen MR) is 71.5 cm³/mol. The van der Waals surface area contributed by atoms with Gasteiger partial charge < -0.3 is 0 Å². The van der Waals surface area contributed by atoms with Crippen LogP contribution in [0.4, 0.5) is 0 Å². The molecule has 0 aliphatic heterocycles. The molecule has 0 spiro atoms. The summed E-state index contributed by atoms with van der Waals surface area (Å²) in [6, 6.07) is 0. The van der Waals surface area contributed by atoms with Crippen LogP contribution in [0.3, 0.4) is 0 Å². The van der Waals surface area contributed by atoms with Gasteiger partial charge in [-0.3, -0.25) is 0 Å². The Kier molecular flexibility index (Phi) is 4.49. The smallest absolute Gasteiger partial charge is 0.0266 e. The van der Waals surface area contributed by atoms with Crippen LogP contribution in [0, 0.1) is 11.3 Å². The summed E-state index contributed by atoms with van der Waals surface area (Å²) in [6.45, 7) is 2.34. The van der Waals surface area contributed by atoms with E-state index in [1.54, 1.807) is 0 Å². The fourth-order valence-corrected chi connectivity index (χ4v) is 4.00. The fourth-order valence-electron chi connectivity index (χ4n) is 4.00. The van der Waals surface area contributed by atoms with Gasteiger partial charge in [-0.2, -0.15) is 0 Å². The molecule has 0 saturated heterocycles. The van der Waals surface area contributed by atoms with Gasteiger partial charge in [0.2, 0.25) is 0 Å². The molecule has 0 aromatic heterocycles. The largest absolute Gasteiger partial charge is 0.0885 e. The van der Waals surface area contributed by atoms with E-state index in [2.05, 4.69) is 19.1 Å². The molecule has 2 aliphatic rings. The molecule has 0 nitrogen and oxygen atoms in total. The maximum atomic E-state index is 2.45. The van der Waals surface area contributed by atoms with Crippen LogP contribution in [0.2, 0.25) is 0 Å². The highest BCUT2D eigenvalue weighted by Gasteiger charge is 2.38. The molecular formula is C16H28. The van der Waals surface area contributed by atoms with Crippen LogP contribution in [0.25, 0.3) is 0 Å². The molecule has 0 heteroatoms. The molecule has 0 aromatic carbocycles. The van der Waals surface area contributed by atoms with E-state index in [1.165, 1.54) is 70.6 Å². The van der Waals surface area contributed by atoms with Crippen LogP contribution in [-0.2, 0) is 0 Å². The van der Waals surface area contributed by atoms with E-state index in [1.807, 2.05) is 0 Å². The Bertz CT molecular complexity index is 220. The highest BCUT2D eigenvalue weighted by molar-refractivity contribution is 4.98. The van der Waals surface area contributed by atoms with E-state index >= 15 is 0 Å². The van der Waals surface area contributed by atoms with E-state index in [-0.39, 0.29) is 0 Å². The molecular weight excluding hydrogens is 192 g/mol. The lowest BCUT2D eigenvalue weighted by atomic mass is 9.60. The van der Waals surface area contributed by atoms with Gasteiger partial charge >= 0.3 is 0 Å². The van der Waals surface area contributed by atoms with E-state index in [9.17, 15) is 0 Å². The molecule has 2 rings (SSSR count). The first kappa shape index (κ1) is 12.2. The third-order valence-electron chi connectivity index (χ3n) is 5.01. The molecule has 1 saturated carbocycles. The minimum absolute atomic E-state index is 0.749. The first-order chi connectivity index (χ1) is 7.87. The van der Waals surface area contributed by atoms with Gasteiger partial charge in [0.15, 0.2) is 0 Å². The molecule has 1 atom stereocenters.